The van der Waals surface area contributed by atoms with Gasteiger partial charge in [0, 0.05) is 18.0 Å². The molecule has 0 spiro atoms. The number of hydrazone groups is 2. The molecule has 2 aliphatic heterocycles. The molecular formula is C23H21F6N6O2+. The number of hydrogen-bond acceptors (Lipinski definition) is 7. The molecule has 1 atom stereocenters. The zero-order valence-electron chi connectivity index (χ0n) is 19.4. The van der Waals surface area contributed by atoms with Crippen molar-refractivity contribution in [2.24, 2.45) is 11.0 Å². The normalized spacial score (nSPS) is 17.5. The molecule has 196 valence electrons. The van der Waals surface area contributed by atoms with Crippen molar-refractivity contribution in [2.75, 3.05) is 12.0 Å². The van der Waals surface area contributed by atoms with Gasteiger partial charge in [-0.2, -0.15) is 31.4 Å². The van der Waals surface area contributed by atoms with Crippen LogP contribution in [0.4, 0.5) is 32.0 Å². The molecule has 1 aromatic heterocycles. The van der Waals surface area contributed by atoms with Crippen LogP contribution in [0.1, 0.15) is 30.7 Å². The Labute approximate surface area is 206 Å². The van der Waals surface area contributed by atoms with Crippen LogP contribution in [0, 0.1) is 5.92 Å². The lowest BCUT2D eigenvalue weighted by Crippen LogP contribution is -2.53. The molecule has 4 rings (SSSR count). The number of pyridine rings is 1. The van der Waals surface area contributed by atoms with E-state index < -0.39 is 41.7 Å². The summed E-state index contributed by atoms with van der Waals surface area (Å²) < 4.78 is 86.1. The number of allylic oxidation sites excluding steroid dienone is 1. The number of hydrazine groups is 1. The Bertz CT molecular complexity index is 1270. The van der Waals surface area contributed by atoms with E-state index in [0.29, 0.717) is 5.69 Å². The van der Waals surface area contributed by atoms with Crippen molar-refractivity contribution in [1.82, 2.24) is 15.4 Å². The predicted molar refractivity (Wildman–Crippen MR) is 121 cm³/mol. The third kappa shape index (κ3) is 5.67. The summed E-state index contributed by atoms with van der Waals surface area (Å²) in [6.45, 7) is 2.86. The van der Waals surface area contributed by atoms with Crippen LogP contribution in [0.3, 0.4) is 0 Å². The van der Waals surface area contributed by atoms with Crippen molar-refractivity contribution in [3.63, 3.8) is 0 Å². The average molecular weight is 527 g/mol. The molecule has 8 nitrogen and oxygen atoms in total. The number of nitrogens with zero attached hydrogens (tertiary/aromatic N) is 4. The molecule has 0 fully saturated rings. The number of amidine groups is 1. The van der Waals surface area contributed by atoms with Crippen LogP contribution in [0.25, 0.3) is 5.57 Å². The molecule has 3 heterocycles. The van der Waals surface area contributed by atoms with Crippen molar-refractivity contribution >= 4 is 29.3 Å². The molecule has 0 aliphatic carbocycles. The number of benzene rings is 1. The van der Waals surface area contributed by atoms with Gasteiger partial charge in [-0.3, -0.25) is 15.2 Å². The van der Waals surface area contributed by atoms with Crippen molar-refractivity contribution in [3.8, 4) is 0 Å². The van der Waals surface area contributed by atoms with Gasteiger partial charge in [0.05, 0.1) is 28.3 Å². The summed E-state index contributed by atoms with van der Waals surface area (Å²) in [7, 11) is 0. The second-order valence-corrected chi connectivity index (χ2v) is 8.38. The lowest BCUT2D eigenvalue weighted by molar-refractivity contribution is -0.691. The Morgan fingerprint density at radius 3 is 2.46 bits per heavy atom. The first-order valence-corrected chi connectivity index (χ1v) is 10.9. The van der Waals surface area contributed by atoms with Crippen LogP contribution in [0.2, 0.25) is 0 Å². The third-order valence-corrected chi connectivity index (χ3v) is 5.34. The highest BCUT2D eigenvalue weighted by atomic mass is 19.4. The molecule has 0 bridgehead atoms. The van der Waals surface area contributed by atoms with E-state index in [0.717, 1.165) is 18.2 Å². The standard InChI is InChI=1S/C23H20F6N6O2/c1-13(2)20(36)37-12-34-11-14(19-17(23(27,28)29)4-3-9-30-19)10-18-32-33-21(35(18)34)31-16-7-5-15(6-8-16)22(24,25)26/h3-11,13,21,31H,12H2,1-2H3/p+1. The maximum atomic E-state index is 13.6. The largest absolute Gasteiger partial charge is 0.418 e. The first-order chi connectivity index (χ1) is 17.3. The van der Waals surface area contributed by atoms with Crippen LogP contribution in [-0.4, -0.2) is 45.7 Å². The monoisotopic (exact) mass is 527 g/mol. The van der Waals surface area contributed by atoms with Gasteiger partial charge >= 0.3 is 25.1 Å². The van der Waals surface area contributed by atoms with E-state index in [4.69, 9.17) is 4.74 Å². The van der Waals surface area contributed by atoms with E-state index in [9.17, 15) is 31.1 Å². The van der Waals surface area contributed by atoms with Crippen molar-refractivity contribution < 1.29 is 40.6 Å². The number of nitrogens with one attached hydrogen (secondary N) is 2. The molecule has 1 aromatic carbocycles. The Hall–Kier alpha value is -4.10. The zero-order chi connectivity index (χ0) is 27.0. The smallest absolute Gasteiger partial charge is 0.403 e. The van der Waals surface area contributed by atoms with Gasteiger partial charge in [-0.05, 0) is 36.4 Å². The summed E-state index contributed by atoms with van der Waals surface area (Å²) in [6.07, 6.45) is -6.14. The average Bonchev–Trinajstić information content (AvgIpc) is 3.24. The number of halogens is 6. The number of alkyl halides is 6. The third-order valence-electron chi connectivity index (χ3n) is 5.34. The fourth-order valence-corrected chi connectivity index (χ4v) is 3.54. The number of esters is 1. The fraction of sp³-hybridized carbons (Fsp3) is 0.304. The minimum atomic E-state index is -4.67. The topological polar surface area (TPSA) is 81.9 Å². The molecule has 2 N–H and O–H groups in total. The molecule has 2 aromatic rings. The molecule has 0 amide bonds. The van der Waals surface area contributed by atoms with E-state index in [1.165, 1.54) is 46.4 Å². The summed E-state index contributed by atoms with van der Waals surface area (Å²) in [5.74, 6) is -0.851. The summed E-state index contributed by atoms with van der Waals surface area (Å²) in [5.41, 5.74) is 0.962. The number of fused-ring (bicyclic) bond motifs is 1. The van der Waals surface area contributed by atoms with Gasteiger partial charge in [-0.1, -0.05) is 23.5 Å². The number of carbonyl (C=O) groups excluding carboxylic acids is 1. The van der Waals surface area contributed by atoms with Gasteiger partial charge in [-0.25, -0.2) is 0 Å². The minimum Gasteiger partial charge on any atom is -0.403 e. The Morgan fingerprint density at radius 2 is 1.84 bits per heavy atom. The number of hydrogen-bond donors (Lipinski definition) is 2. The van der Waals surface area contributed by atoms with Crippen molar-refractivity contribution in [3.05, 3.63) is 65.5 Å². The first kappa shape index (κ1) is 26.0. The van der Waals surface area contributed by atoms with E-state index in [-0.39, 0.29) is 23.8 Å². The molecule has 0 saturated heterocycles. The summed E-state index contributed by atoms with van der Waals surface area (Å²) in [5, 5.41) is 8.54. The summed E-state index contributed by atoms with van der Waals surface area (Å²) >= 11 is 0. The fourth-order valence-electron chi connectivity index (χ4n) is 3.54. The molecule has 1 unspecified atom stereocenters. The Balaban J connectivity index is 1.65. The zero-order valence-corrected chi connectivity index (χ0v) is 19.4. The predicted octanol–water partition coefficient (Wildman–Crippen LogP) is 4.29. The van der Waals surface area contributed by atoms with E-state index >= 15 is 0 Å². The SMILES string of the molecule is CC(C)C(=O)OC[N+]1=CC(c2ncccc2C(F)(F)F)=CC2=NNC(Nc3ccc(C(F)(F)F)cc3)N21. The lowest BCUT2D eigenvalue weighted by atomic mass is 10.0. The molecule has 37 heavy (non-hydrogen) atoms. The van der Waals surface area contributed by atoms with Crippen LogP contribution in [-0.2, 0) is 21.9 Å². The van der Waals surface area contributed by atoms with Crippen molar-refractivity contribution in [2.45, 2.75) is 32.5 Å². The van der Waals surface area contributed by atoms with Gasteiger partial charge in [-0.15, -0.1) is 0 Å². The highest BCUT2D eigenvalue weighted by molar-refractivity contribution is 6.16. The highest BCUT2D eigenvalue weighted by Crippen LogP contribution is 2.34. The summed E-state index contributed by atoms with van der Waals surface area (Å²) in [6, 6.07) is 6.33. The van der Waals surface area contributed by atoms with Crippen LogP contribution >= 0.6 is 0 Å². The maximum absolute atomic E-state index is 13.6. The van der Waals surface area contributed by atoms with Gasteiger partial charge in [0.2, 0.25) is 18.3 Å². The van der Waals surface area contributed by atoms with Gasteiger partial charge in [0.1, 0.15) is 0 Å². The first-order valence-electron chi connectivity index (χ1n) is 10.9. The Morgan fingerprint density at radius 1 is 1.14 bits per heavy atom. The second kappa shape index (κ2) is 9.75. The molecular weight excluding hydrogens is 506 g/mol. The number of ether oxygens (including phenoxy) is 1. The van der Waals surface area contributed by atoms with Gasteiger partial charge in [0.25, 0.3) is 0 Å². The van der Waals surface area contributed by atoms with Crippen LogP contribution in [0.15, 0.2) is 53.8 Å². The number of rotatable bonds is 6. The number of anilines is 1. The Kier molecular flexibility index (Phi) is 6.84. The highest BCUT2D eigenvalue weighted by Gasteiger charge is 2.42. The minimum absolute atomic E-state index is 0.0560. The quantitative estimate of drug-likeness (QED) is 0.332. The van der Waals surface area contributed by atoms with Gasteiger partial charge in [0.15, 0.2) is 0 Å². The molecule has 14 heteroatoms. The second-order valence-electron chi connectivity index (χ2n) is 8.38. The van der Waals surface area contributed by atoms with Crippen LogP contribution in [0.5, 0.6) is 0 Å². The molecule has 0 saturated carbocycles. The molecule has 2 aliphatic rings. The lowest BCUT2D eigenvalue weighted by Gasteiger charge is -2.26. The van der Waals surface area contributed by atoms with Gasteiger partial charge < -0.3 is 10.1 Å². The van der Waals surface area contributed by atoms with Crippen molar-refractivity contribution in [1.29, 1.82) is 0 Å². The van der Waals surface area contributed by atoms with Crippen LogP contribution < -0.4 is 10.7 Å². The maximum Gasteiger partial charge on any atom is 0.418 e. The van der Waals surface area contributed by atoms with E-state index in [1.807, 2.05) is 0 Å². The number of aromatic nitrogens is 1. The summed E-state index contributed by atoms with van der Waals surface area (Å²) in [4.78, 5) is 16.0. The van der Waals surface area contributed by atoms with E-state index in [2.05, 4.69) is 20.8 Å². The molecule has 0 radical (unpaired) electrons. The van der Waals surface area contributed by atoms with E-state index in [1.54, 1.807) is 13.8 Å². The number of carbonyl (C=O) groups is 1.